The van der Waals surface area contributed by atoms with E-state index in [1.165, 1.54) is 12.1 Å². The number of phenolic OH excluding ortho intramolecular Hbond substituents is 1. The number of fused-ring (bicyclic) bond motifs is 1. The SMILES string of the molecule is O=[N+]([O-])c1cc(O)ccc1NCc1cnn2ccccc12. The second-order valence-electron chi connectivity index (χ2n) is 4.51. The Labute approximate surface area is 119 Å². The highest BCUT2D eigenvalue weighted by molar-refractivity contribution is 5.64. The van der Waals surface area contributed by atoms with E-state index in [2.05, 4.69) is 10.4 Å². The van der Waals surface area contributed by atoms with Crippen LogP contribution in [0.5, 0.6) is 5.75 Å². The predicted molar refractivity (Wildman–Crippen MR) is 77.3 cm³/mol. The van der Waals surface area contributed by atoms with E-state index in [1.807, 2.05) is 24.4 Å². The highest BCUT2D eigenvalue weighted by Crippen LogP contribution is 2.28. The van der Waals surface area contributed by atoms with E-state index in [0.717, 1.165) is 17.1 Å². The summed E-state index contributed by atoms with van der Waals surface area (Å²) in [6, 6.07) is 9.73. The van der Waals surface area contributed by atoms with Crippen LogP contribution in [0.2, 0.25) is 0 Å². The molecule has 0 radical (unpaired) electrons. The van der Waals surface area contributed by atoms with E-state index in [4.69, 9.17) is 0 Å². The molecule has 0 bridgehead atoms. The molecule has 7 nitrogen and oxygen atoms in total. The summed E-state index contributed by atoms with van der Waals surface area (Å²) in [4.78, 5) is 10.5. The third-order valence-corrected chi connectivity index (χ3v) is 3.15. The monoisotopic (exact) mass is 284 g/mol. The molecular weight excluding hydrogens is 272 g/mol. The summed E-state index contributed by atoms with van der Waals surface area (Å²) in [7, 11) is 0. The lowest BCUT2D eigenvalue weighted by Crippen LogP contribution is -2.02. The van der Waals surface area contributed by atoms with Crippen molar-refractivity contribution in [1.82, 2.24) is 9.61 Å². The molecule has 1 aromatic carbocycles. The van der Waals surface area contributed by atoms with Crippen LogP contribution in [-0.2, 0) is 6.54 Å². The number of nitro groups is 1. The van der Waals surface area contributed by atoms with E-state index >= 15 is 0 Å². The summed E-state index contributed by atoms with van der Waals surface area (Å²) in [5.41, 5.74) is 2.06. The molecule has 0 aliphatic rings. The Hall–Kier alpha value is -3.09. The van der Waals surface area contributed by atoms with Crippen molar-refractivity contribution in [1.29, 1.82) is 0 Å². The Morgan fingerprint density at radius 2 is 2.19 bits per heavy atom. The maximum absolute atomic E-state index is 11.0. The van der Waals surface area contributed by atoms with Crippen LogP contribution in [0.15, 0.2) is 48.8 Å². The molecular formula is C14H12N4O3. The maximum atomic E-state index is 11.0. The summed E-state index contributed by atoms with van der Waals surface area (Å²) in [6.07, 6.45) is 3.55. The van der Waals surface area contributed by atoms with E-state index in [-0.39, 0.29) is 11.4 Å². The van der Waals surface area contributed by atoms with Gasteiger partial charge in [-0.25, -0.2) is 4.52 Å². The number of aromatic nitrogens is 2. The van der Waals surface area contributed by atoms with Crippen LogP contribution >= 0.6 is 0 Å². The van der Waals surface area contributed by atoms with Crippen molar-refractivity contribution in [2.24, 2.45) is 0 Å². The van der Waals surface area contributed by atoms with Crippen molar-refractivity contribution in [3.8, 4) is 5.75 Å². The number of rotatable bonds is 4. The number of hydrogen-bond acceptors (Lipinski definition) is 5. The molecule has 3 aromatic rings. The lowest BCUT2D eigenvalue weighted by Gasteiger charge is -2.06. The number of benzene rings is 1. The second kappa shape index (κ2) is 5.12. The molecule has 0 saturated carbocycles. The van der Waals surface area contributed by atoms with Gasteiger partial charge in [0.25, 0.3) is 5.69 Å². The number of pyridine rings is 1. The predicted octanol–water partition coefficient (Wildman–Crippen LogP) is 2.56. The van der Waals surface area contributed by atoms with Crippen molar-refractivity contribution in [3.05, 3.63) is 64.5 Å². The van der Waals surface area contributed by atoms with Gasteiger partial charge >= 0.3 is 0 Å². The number of hydrogen-bond donors (Lipinski definition) is 2. The first-order valence-corrected chi connectivity index (χ1v) is 6.27. The van der Waals surface area contributed by atoms with Crippen LogP contribution in [0.4, 0.5) is 11.4 Å². The average molecular weight is 284 g/mol. The molecule has 0 aliphatic carbocycles. The number of anilines is 1. The minimum Gasteiger partial charge on any atom is -0.508 e. The Morgan fingerprint density at radius 1 is 1.33 bits per heavy atom. The van der Waals surface area contributed by atoms with Gasteiger partial charge in [0, 0.05) is 18.3 Å². The molecule has 0 atom stereocenters. The molecule has 106 valence electrons. The van der Waals surface area contributed by atoms with E-state index in [9.17, 15) is 15.2 Å². The van der Waals surface area contributed by atoms with Gasteiger partial charge in [0.2, 0.25) is 0 Å². The fourth-order valence-corrected chi connectivity index (χ4v) is 2.13. The van der Waals surface area contributed by atoms with Gasteiger partial charge in [0.1, 0.15) is 11.4 Å². The highest BCUT2D eigenvalue weighted by Gasteiger charge is 2.14. The standard InChI is InChI=1S/C14H12N4O3/c19-11-4-5-12(14(7-11)18(20)21)15-8-10-9-16-17-6-2-1-3-13(10)17/h1-7,9,15,19H,8H2. The van der Waals surface area contributed by atoms with Crippen LogP contribution < -0.4 is 5.32 Å². The minimum atomic E-state index is -0.530. The first-order chi connectivity index (χ1) is 10.1. The Balaban J connectivity index is 1.87. The molecule has 0 spiro atoms. The summed E-state index contributed by atoms with van der Waals surface area (Å²) in [6.45, 7) is 0.402. The van der Waals surface area contributed by atoms with Crippen molar-refractivity contribution in [3.63, 3.8) is 0 Å². The number of nitrogens with one attached hydrogen (secondary N) is 1. The van der Waals surface area contributed by atoms with Crippen LogP contribution in [0.3, 0.4) is 0 Å². The zero-order chi connectivity index (χ0) is 14.8. The fraction of sp³-hybridized carbons (Fsp3) is 0.0714. The highest BCUT2D eigenvalue weighted by atomic mass is 16.6. The van der Waals surface area contributed by atoms with Crippen LogP contribution in [0.1, 0.15) is 5.56 Å². The number of aromatic hydroxyl groups is 1. The second-order valence-corrected chi connectivity index (χ2v) is 4.51. The van der Waals surface area contributed by atoms with Gasteiger partial charge in [-0.3, -0.25) is 10.1 Å². The third-order valence-electron chi connectivity index (χ3n) is 3.15. The van der Waals surface area contributed by atoms with Gasteiger partial charge in [-0.15, -0.1) is 0 Å². The number of nitro benzene ring substituents is 1. The van der Waals surface area contributed by atoms with Gasteiger partial charge in [0.15, 0.2) is 0 Å². The maximum Gasteiger partial charge on any atom is 0.296 e. The average Bonchev–Trinajstić information content (AvgIpc) is 2.89. The Bertz CT molecular complexity index is 813. The smallest absolute Gasteiger partial charge is 0.296 e. The van der Waals surface area contributed by atoms with Crippen LogP contribution in [0.25, 0.3) is 5.52 Å². The van der Waals surface area contributed by atoms with E-state index < -0.39 is 4.92 Å². The summed E-state index contributed by atoms with van der Waals surface area (Å²) in [5.74, 6) is -0.136. The van der Waals surface area contributed by atoms with Gasteiger partial charge < -0.3 is 10.4 Å². The van der Waals surface area contributed by atoms with Gasteiger partial charge in [-0.1, -0.05) is 6.07 Å². The quantitative estimate of drug-likeness (QED) is 0.436. The molecule has 0 fully saturated rings. The first-order valence-electron chi connectivity index (χ1n) is 6.27. The largest absolute Gasteiger partial charge is 0.508 e. The van der Waals surface area contributed by atoms with Gasteiger partial charge in [-0.05, 0) is 24.3 Å². The molecule has 2 N–H and O–H groups in total. The molecule has 3 rings (SSSR count). The molecule has 0 amide bonds. The minimum absolute atomic E-state index is 0.136. The normalized spacial score (nSPS) is 10.7. The summed E-state index contributed by atoms with van der Waals surface area (Å²) >= 11 is 0. The summed E-state index contributed by atoms with van der Waals surface area (Å²) < 4.78 is 1.74. The first kappa shape index (κ1) is 12.9. The molecule has 0 aliphatic heterocycles. The molecule has 2 heterocycles. The zero-order valence-corrected chi connectivity index (χ0v) is 10.9. The van der Waals surface area contributed by atoms with Crippen molar-refractivity contribution in [2.75, 3.05) is 5.32 Å². The zero-order valence-electron chi connectivity index (χ0n) is 10.9. The van der Waals surface area contributed by atoms with Crippen molar-refractivity contribution < 1.29 is 10.0 Å². The van der Waals surface area contributed by atoms with E-state index in [1.54, 1.807) is 10.7 Å². The molecule has 7 heteroatoms. The Morgan fingerprint density at radius 3 is 3.00 bits per heavy atom. The molecule has 0 saturated heterocycles. The lowest BCUT2D eigenvalue weighted by molar-refractivity contribution is -0.384. The van der Waals surface area contributed by atoms with Crippen molar-refractivity contribution >= 4 is 16.9 Å². The number of nitrogens with zero attached hydrogens (tertiary/aromatic N) is 3. The molecule has 2 aromatic heterocycles. The Kier molecular flexibility index (Phi) is 3.15. The topological polar surface area (TPSA) is 92.7 Å². The molecule has 21 heavy (non-hydrogen) atoms. The lowest BCUT2D eigenvalue weighted by atomic mass is 10.2. The fourth-order valence-electron chi connectivity index (χ4n) is 2.13. The van der Waals surface area contributed by atoms with Gasteiger partial charge in [-0.2, -0.15) is 5.10 Å². The third kappa shape index (κ3) is 2.48. The molecule has 0 unspecified atom stereocenters. The van der Waals surface area contributed by atoms with Crippen LogP contribution in [0, 0.1) is 10.1 Å². The summed E-state index contributed by atoms with van der Waals surface area (Å²) in [5, 5.41) is 27.5. The number of phenols is 1. The van der Waals surface area contributed by atoms with Crippen molar-refractivity contribution in [2.45, 2.75) is 6.54 Å². The van der Waals surface area contributed by atoms with Gasteiger partial charge in [0.05, 0.1) is 22.7 Å². The van der Waals surface area contributed by atoms with Crippen LogP contribution in [-0.4, -0.2) is 19.6 Å². The van der Waals surface area contributed by atoms with E-state index in [0.29, 0.717) is 12.2 Å².